The second-order valence-corrected chi connectivity index (χ2v) is 7.50. The van der Waals surface area contributed by atoms with Crippen molar-refractivity contribution in [3.63, 3.8) is 0 Å². The lowest BCUT2D eigenvalue weighted by atomic mass is 9.78. The van der Waals surface area contributed by atoms with E-state index >= 15 is 0 Å². The Morgan fingerprint density at radius 3 is 2.43 bits per heavy atom. The number of nitrogens with one attached hydrogen (secondary N) is 1. The molecule has 0 spiro atoms. The maximum absolute atomic E-state index is 13.4. The predicted molar refractivity (Wildman–Crippen MR) is 107 cm³/mol. The van der Waals surface area contributed by atoms with Crippen LogP contribution in [0.1, 0.15) is 24.9 Å². The van der Waals surface area contributed by atoms with Crippen LogP contribution >= 0.6 is 0 Å². The van der Waals surface area contributed by atoms with Gasteiger partial charge >= 0.3 is 5.97 Å². The van der Waals surface area contributed by atoms with Crippen molar-refractivity contribution < 1.29 is 29.3 Å². The highest BCUT2D eigenvalue weighted by molar-refractivity contribution is 6.24. The Kier molecular flexibility index (Phi) is 4.74. The van der Waals surface area contributed by atoms with Gasteiger partial charge in [0.1, 0.15) is 5.54 Å². The standard InChI is InChI=1S/C22H22N2O6/c1-3-22(21(28)29)16-15(17(23-22)13-10-7-11-14(30-2)18(13)25)19(26)24(20(16)27)12-8-5-4-6-9-12/h4-11,15-17,23,25H,3H2,1-2H3,(H,28,29)/t15-,16-,17-,22+/m1/s1. The van der Waals surface area contributed by atoms with Gasteiger partial charge in [-0.15, -0.1) is 0 Å². The van der Waals surface area contributed by atoms with Crippen LogP contribution in [0, 0.1) is 11.8 Å². The van der Waals surface area contributed by atoms with Crippen molar-refractivity contribution in [2.75, 3.05) is 12.0 Å². The largest absolute Gasteiger partial charge is 0.504 e. The fourth-order valence-corrected chi connectivity index (χ4v) is 4.73. The molecule has 0 saturated carbocycles. The van der Waals surface area contributed by atoms with Gasteiger partial charge in [-0.1, -0.05) is 37.3 Å². The number of carboxylic acids is 1. The highest BCUT2D eigenvalue weighted by Gasteiger charge is 2.68. The van der Waals surface area contributed by atoms with Gasteiger partial charge in [-0.3, -0.25) is 19.7 Å². The summed E-state index contributed by atoms with van der Waals surface area (Å²) in [6.07, 6.45) is 0.0897. The van der Waals surface area contributed by atoms with Crippen LogP contribution in [0.3, 0.4) is 0 Å². The van der Waals surface area contributed by atoms with Crippen molar-refractivity contribution in [2.45, 2.75) is 24.9 Å². The lowest BCUT2D eigenvalue weighted by molar-refractivity contribution is -0.149. The Labute approximate surface area is 173 Å². The molecule has 2 aliphatic heterocycles. The minimum Gasteiger partial charge on any atom is -0.504 e. The number of carboxylic acid groups (broad SMARTS) is 1. The number of rotatable bonds is 5. The number of hydrogen-bond acceptors (Lipinski definition) is 6. The third kappa shape index (κ3) is 2.60. The molecule has 8 nitrogen and oxygen atoms in total. The van der Waals surface area contributed by atoms with Crippen LogP contribution in [0.5, 0.6) is 11.5 Å². The summed E-state index contributed by atoms with van der Waals surface area (Å²) in [5, 5.41) is 23.8. The van der Waals surface area contributed by atoms with E-state index in [1.54, 1.807) is 55.5 Å². The monoisotopic (exact) mass is 410 g/mol. The number of aliphatic carboxylic acids is 1. The number of ether oxygens (including phenoxy) is 1. The predicted octanol–water partition coefficient (Wildman–Crippen LogP) is 2.08. The number of phenols is 1. The molecule has 2 fully saturated rings. The molecule has 4 atom stereocenters. The third-order valence-electron chi connectivity index (χ3n) is 6.19. The topological polar surface area (TPSA) is 116 Å². The summed E-state index contributed by atoms with van der Waals surface area (Å²) >= 11 is 0. The number of amides is 2. The lowest BCUT2D eigenvalue weighted by Crippen LogP contribution is -2.55. The van der Waals surface area contributed by atoms with Crippen molar-refractivity contribution in [1.82, 2.24) is 5.32 Å². The minimum atomic E-state index is -1.64. The van der Waals surface area contributed by atoms with Gasteiger partial charge in [0.2, 0.25) is 11.8 Å². The summed E-state index contributed by atoms with van der Waals surface area (Å²) < 4.78 is 5.16. The van der Waals surface area contributed by atoms with Crippen LogP contribution in [0.4, 0.5) is 5.69 Å². The average Bonchev–Trinajstić information content (AvgIpc) is 3.23. The van der Waals surface area contributed by atoms with Gasteiger partial charge in [0.05, 0.1) is 24.6 Å². The normalized spacial score (nSPS) is 27.9. The van der Waals surface area contributed by atoms with Crippen molar-refractivity contribution in [3.05, 3.63) is 54.1 Å². The summed E-state index contributed by atoms with van der Waals surface area (Å²) in [6, 6.07) is 12.4. The van der Waals surface area contributed by atoms with E-state index in [1.165, 1.54) is 7.11 Å². The fraction of sp³-hybridized carbons (Fsp3) is 0.318. The fourth-order valence-electron chi connectivity index (χ4n) is 4.73. The molecule has 30 heavy (non-hydrogen) atoms. The molecule has 2 saturated heterocycles. The quantitative estimate of drug-likeness (QED) is 0.646. The highest BCUT2D eigenvalue weighted by Crippen LogP contribution is 2.52. The van der Waals surface area contributed by atoms with Gasteiger partial charge in [-0.2, -0.15) is 0 Å². The molecule has 0 unspecified atom stereocenters. The summed E-state index contributed by atoms with van der Waals surface area (Å²) in [5.41, 5.74) is -0.927. The first-order chi connectivity index (χ1) is 14.4. The second-order valence-electron chi connectivity index (χ2n) is 7.50. The number of imide groups is 1. The van der Waals surface area contributed by atoms with Crippen LogP contribution in [-0.4, -0.2) is 40.6 Å². The molecule has 156 valence electrons. The van der Waals surface area contributed by atoms with Gasteiger partial charge in [-0.05, 0) is 24.6 Å². The van der Waals surface area contributed by atoms with Gasteiger partial charge in [0.15, 0.2) is 11.5 Å². The molecule has 2 amide bonds. The molecule has 0 aromatic heterocycles. The number of methoxy groups -OCH3 is 1. The molecular formula is C22H22N2O6. The number of carbonyl (C=O) groups is 3. The van der Waals surface area contributed by atoms with E-state index in [2.05, 4.69) is 5.32 Å². The summed E-state index contributed by atoms with van der Waals surface area (Å²) in [5.74, 6) is -4.33. The van der Waals surface area contributed by atoms with Crippen LogP contribution in [0.2, 0.25) is 0 Å². The number of benzene rings is 2. The molecule has 0 bridgehead atoms. The van der Waals surface area contributed by atoms with E-state index in [9.17, 15) is 24.6 Å². The number of hydrogen-bond donors (Lipinski definition) is 3. The van der Waals surface area contributed by atoms with E-state index in [4.69, 9.17) is 4.74 Å². The molecule has 8 heteroatoms. The first-order valence-electron chi connectivity index (χ1n) is 9.67. The smallest absolute Gasteiger partial charge is 0.324 e. The number of nitrogens with zero attached hydrogens (tertiary/aromatic N) is 1. The molecule has 2 aromatic carbocycles. The van der Waals surface area contributed by atoms with Crippen molar-refractivity contribution in [3.8, 4) is 11.5 Å². The molecule has 0 radical (unpaired) electrons. The van der Waals surface area contributed by atoms with E-state index < -0.39 is 41.2 Å². The van der Waals surface area contributed by atoms with Gasteiger partial charge in [-0.25, -0.2) is 4.90 Å². The van der Waals surface area contributed by atoms with E-state index in [0.29, 0.717) is 11.3 Å². The maximum atomic E-state index is 13.4. The van der Waals surface area contributed by atoms with E-state index in [1.807, 2.05) is 0 Å². The van der Waals surface area contributed by atoms with Gasteiger partial charge in [0.25, 0.3) is 0 Å². The molecule has 2 heterocycles. The van der Waals surface area contributed by atoms with Crippen LogP contribution in [-0.2, 0) is 14.4 Å². The number of phenolic OH excluding ortho intramolecular Hbond substituents is 1. The molecular weight excluding hydrogens is 388 g/mol. The summed E-state index contributed by atoms with van der Waals surface area (Å²) in [4.78, 5) is 40.2. The maximum Gasteiger partial charge on any atom is 0.324 e. The number of para-hydroxylation sites is 2. The van der Waals surface area contributed by atoms with Gasteiger partial charge < -0.3 is 14.9 Å². The number of fused-ring (bicyclic) bond motifs is 1. The van der Waals surface area contributed by atoms with Crippen LogP contribution in [0.15, 0.2) is 48.5 Å². The number of aromatic hydroxyl groups is 1. The highest BCUT2D eigenvalue weighted by atomic mass is 16.5. The first-order valence-corrected chi connectivity index (χ1v) is 9.67. The zero-order chi connectivity index (χ0) is 21.6. The SMILES string of the molecule is CC[C@]1(C(=O)O)N[C@H](c2cccc(OC)c2O)[C@@H]2C(=O)N(c3ccccc3)C(=O)[C@@H]21. The van der Waals surface area contributed by atoms with Gasteiger partial charge in [0, 0.05) is 11.6 Å². The lowest BCUT2D eigenvalue weighted by Gasteiger charge is -2.30. The first kappa shape index (κ1) is 19.9. The summed E-state index contributed by atoms with van der Waals surface area (Å²) in [6.45, 7) is 1.66. The van der Waals surface area contributed by atoms with Crippen LogP contribution < -0.4 is 15.0 Å². The molecule has 3 N–H and O–H groups in total. The zero-order valence-corrected chi connectivity index (χ0v) is 16.5. The number of anilines is 1. The Hall–Kier alpha value is -3.39. The zero-order valence-electron chi connectivity index (χ0n) is 16.5. The third-order valence-corrected chi connectivity index (χ3v) is 6.19. The molecule has 4 rings (SSSR count). The molecule has 0 aliphatic carbocycles. The Bertz CT molecular complexity index is 1020. The number of carbonyl (C=O) groups excluding carboxylic acids is 2. The van der Waals surface area contributed by atoms with E-state index in [0.717, 1.165) is 4.90 Å². The Balaban J connectivity index is 1.88. The van der Waals surface area contributed by atoms with Crippen molar-refractivity contribution in [1.29, 1.82) is 0 Å². The summed E-state index contributed by atoms with van der Waals surface area (Å²) in [7, 11) is 1.40. The van der Waals surface area contributed by atoms with Crippen molar-refractivity contribution >= 4 is 23.5 Å². The molecule has 2 aliphatic rings. The van der Waals surface area contributed by atoms with Crippen LogP contribution in [0.25, 0.3) is 0 Å². The van der Waals surface area contributed by atoms with Crippen molar-refractivity contribution in [2.24, 2.45) is 11.8 Å². The van der Waals surface area contributed by atoms with E-state index in [-0.39, 0.29) is 17.9 Å². The second kappa shape index (κ2) is 7.14. The average molecular weight is 410 g/mol. The Morgan fingerprint density at radius 2 is 1.83 bits per heavy atom. The molecule has 2 aromatic rings. The Morgan fingerprint density at radius 1 is 1.13 bits per heavy atom. The minimum absolute atomic E-state index is 0.0897.